The third-order valence-corrected chi connectivity index (χ3v) is 3.49. The van der Waals surface area contributed by atoms with E-state index in [1.807, 2.05) is 4.90 Å². The van der Waals surface area contributed by atoms with Crippen molar-refractivity contribution in [3.05, 3.63) is 34.1 Å². The first kappa shape index (κ1) is 15.7. The van der Waals surface area contributed by atoms with E-state index in [1.165, 1.54) is 12.1 Å². The summed E-state index contributed by atoms with van der Waals surface area (Å²) in [5, 5.41) is 23.5. The Morgan fingerprint density at radius 2 is 2.29 bits per heavy atom. The fraction of sp³-hybridized carbons (Fsp3) is 0.571. The molecule has 21 heavy (non-hydrogen) atoms. The number of non-ortho nitro benzene ring substituents is 1. The molecule has 1 aliphatic rings. The van der Waals surface area contributed by atoms with Gasteiger partial charge in [0, 0.05) is 31.7 Å². The molecule has 116 valence electrons. The van der Waals surface area contributed by atoms with Gasteiger partial charge in [0.2, 0.25) is 0 Å². The van der Waals surface area contributed by atoms with E-state index in [2.05, 4.69) is 5.32 Å². The van der Waals surface area contributed by atoms with Crippen LogP contribution >= 0.6 is 0 Å². The summed E-state index contributed by atoms with van der Waals surface area (Å²) in [4.78, 5) is 11.9. The molecule has 1 aromatic rings. The van der Waals surface area contributed by atoms with Crippen LogP contribution < -0.4 is 10.2 Å². The van der Waals surface area contributed by atoms with E-state index in [-0.39, 0.29) is 11.7 Å². The zero-order valence-electron chi connectivity index (χ0n) is 12.2. The molecule has 2 N–H and O–H groups in total. The molecule has 1 aliphatic heterocycles. The van der Waals surface area contributed by atoms with E-state index in [9.17, 15) is 19.6 Å². The molecule has 1 heterocycles. The van der Waals surface area contributed by atoms with Gasteiger partial charge in [0.25, 0.3) is 5.69 Å². The average Bonchev–Trinajstić information content (AvgIpc) is 2.84. The summed E-state index contributed by atoms with van der Waals surface area (Å²) in [5.41, 5.74) is -0.647. The minimum absolute atomic E-state index is 0.172. The third kappa shape index (κ3) is 4.12. The van der Waals surface area contributed by atoms with Crippen molar-refractivity contribution in [2.24, 2.45) is 0 Å². The molecule has 7 heteroatoms. The van der Waals surface area contributed by atoms with E-state index in [0.29, 0.717) is 25.3 Å². The lowest BCUT2D eigenvalue weighted by molar-refractivity contribution is -0.385. The summed E-state index contributed by atoms with van der Waals surface area (Å²) in [6, 6.07) is 3.89. The first-order valence-corrected chi connectivity index (χ1v) is 6.91. The van der Waals surface area contributed by atoms with Crippen LogP contribution in [-0.4, -0.2) is 41.3 Å². The number of aliphatic hydroxyl groups is 1. The van der Waals surface area contributed by atoms with Crippen molar-refractivity contribution >= 4 is 11.4 Å². The molecule has 1 unspecified atom stereocenters. The minimum Gasteiger partial charge on any atom is -0.389 e. The van der Waals surface area contributed by atoms with Gasteiger partial charge in [0.1, 0.15) is 0 Å². The predicted molar refractivity (Wildman–Crippen MR) is 78.0 cm³/mol. The highest BCUT2D eigenvalue weighted by molar-refractivity contribution is 5.53. The topological polar surface area (TPSA) is 78.6 Å². The van der Waals surface area contributed by atoms with Gasteiger partial charge in [-0.1, -0.05) is 0 Å². The Labute approximate surface area is 122 Å². The number of nitrogens with one attached hydrogen (secondary N) is 1. The van der Waals surface area contributed by atoms with Gasteiger partial charge in [-0.2, -0.15) is 0 Å². The van der Waals surface area contributed by atoms with Gasteiger partial charge in [-0.15, -0.1) is 0 Å². The second kappa shape index (κ2) is 5.95. The number of hydrogen-bond acceptors (Lipinski definition) is 5. The highest BCUT2D eigenvalue weighted by Gasteiger charge is 2.26. The van der Waals surface area contributed by atoms with Crippen LogP contribution in [0, 0.1) is 15.9 Å². The summed E-state index contributed by atoms with van der Waals surface area (Å²) in [6.07, 6.45) is 0.840. The molecule has 0 saturated carbocycles. The predicted octanol–water partition coefficient (Wildman–Crippen LogP) is 1.67. The van der Waals surface area contributed by atoms with Crippen molar-refractivity contribution in [1.82, 2.24) is 5.32 Å². The fourth-order valence-electron chi connectivity index (χ4n) is 2.41. The maximum Gasteiger partial charge on any atom is 0.272 e. The number of anilines is 1. The van der Waals surface area contributed by atoms with Gasteiger partial charge in [0.15, 0.2) is 5.82 Å². The summed E-state index contributed by atoms with van der Waals surface area (Å²) >= 11 is 0. The molecule has 1 saturated heterocycles. The molecule has 0 amide bonds. The number of nitrogens with zero attached hydrogens (tertiary/aromatic N) is 2. The van der Waals surface area contributed by atoms with Gasteiger partial charge in [-0.3, -0.25) is 10.1 Å². The lowest BCUT2D eigenvalue weighted by Crippen LogP contribution is -2.41. The Morgan fingerprint density at radius 1 is 1.57 bits per heavy atom. The average molecular weight is 297 g/mol. The Bertz CT molecular complexity index is 531. The first-order valence-electron chi connectivity index (χ1n) is 6.91. The maximum atomic E-state index is 14.0. The maximum absolute atomic E-state index is 14.0. The number of hydrogen-bond donors (Lipinski definition) is 2. The van der Waals surface area contributed by atoms with Crippen molar-refractivity contribution in [3.8, 4) is 0 Å². The second-order valence-corrected chi connectivity index (χ2v) is 6.02. The molecule has 1 atom stereocenters. The third-order valence-electron chi connectivity index (χ3n) is 3.49. The van der Waals surface area contributed by atoms with Crippen LogP contribution in [0.2, 0.25) is 0 Å². The number of nitro groups is 1. The Hall–Kier alpha value is -1.73. The number of rotatable bonds is 5. The second-order valence-electron chi connectivity index (χ2n) is 6.02. The smallest absolute Gasteiger partial charge is 0.272 e. The van der Waals surface area contributed by atoms with Crippen LogP contribution in [0.3, 0.4) is 0 Å². The first-order chi connectivity index (χ1) is 9.76. The van der Waals surface area contributed by atoms with Crippen molar-refractivity contribution in [3.63, 3.8) is 0 Å². The van der Waals surface area contributed by atoms with Gasteiger partial charge < -0.3 is 15.3 Å². The molecule has 0 bridgehead atoms. The monoisotopic (exact) mass is 297 g/mol. The van der Waals surface area contributed by atoms with Gasteiger partial charge in [-0.05, 0) is 26.3 Å². The number of nitro benzene ring substituents is 1. The zero-order valence-corrected chi connectivity index (χ0v) is 12.2. The SMILES string of the molecule is CC(C)(O)CNC1CCN(c2ccc([N+](=O)[O-])cc2F)C1. The quantitative estimate of drug-likeness (QED) is 0.638. The van der Waals surface area contributed by atoms with Crippen molar-refractivity contribution < 1.29 is 14.4 Å². The fourth-order valence-corrected chi connectivity index (χ4v) is 2.41. The molecular formula is C14H20FN3O3. The van der Waals surface area contributed by atoms with Gasteiger partial charge in [0.05, 0.1) is 22.3 Å². The van der Waals surface area contributed by atoms with Crippen LogP contribution in [0.4, 0.5) is 15.8 Å². The van der Waals surface area contributed by atoms with Gasteiger partial charge in [-0.25, -0.2) is 4.39 Å². The summed E-state index contributed by atoms with van der Waals surface area (Å²) in [6.45, 7) is 5.21. The molecule has 1 fully saturated rings. The van der Waals surface area contributed by atoms with Crippen LogP contribution in [0.25, 0.3) is 0 Å². The van der Waals surface area contributed by atoms with Crippen LogP contribution in [0.15, 0.2) is 18.2 Å². The van der Waals surface area contributed by atoms with Crippen LogP contribution in [0.1, 0.15) is 20.3 Å². The molecule has 0 aromatic heterocycles. The summed E-state index contributed by atoms with van der Waals surface area (Å²) in [5.74, 6) is -0.577. The largest absolute Gasteiger partial charge is 0.389 e. The molecule has 2 rings (SSSR count). The van der Waals surface area contributed by atoms with Crippen molar-refractivity contribution in [2.45, 2.75) is 31.9 Å². The molecular weight excluding hydrogens is 277 g/mol. The highest BCUT2D eigenvalue weighted by atomic mass is 19.1. The normalized spacial score (nSPS) is 19.0. The minimum atomic E-state index is -0.786. The lowest BCUT2D eigenvalue weighted by Gasteiger charge is -2.22. The number of benzene rings is 1. The zero-order chi connectivity index (χ0) is 15.6. The van der Waals surface area contributed by atoms with Crippen LogP contribution in [0.5, 0.6) is 0 Å². The highest BCUT2D eigenvalue weighted by Crippen LogP contribution is 2.27. The molecule has 1 aromatic carbocycles. The van der Waals surface area contributed by atoms with E-state index >= 15 is 0 Å². The molecule has 0 aliphatic carbocycles. The Kier molecular flexibility index (Phi) is 4.43. The standard InChI is InChI=1S/C14H20FN3O3/c1-14(2,19)9-16-10-5-6-17(8-10)13-4-3-11(18(20)21)7-12(13)15/h3-4,7,10,16,19H,5-6,8-9H2,1-2H3. The van der Waals surface area contributed by atoms with Crippen LogP contribution in [-0.2, 0) is 0 Å². The summed E-state index contributed by atoms with van der Waals surface area (Å²) < 4.78 is 14.0. The van der Waals surface area contributed by atoms with Crippen molar-refractivity contribution in [2.75, 3.05) is 24.5 Å². The van der Waals surface area contributed by atoms with Gasteiger partial charge >= 0.3 is 0 Å². The molecule has 6 nitrogen and oxygen atoms in total. The van der Waals surface area contributed by atoms with E-state index in [4.69, 9.17) is 0 Å². The van der Waals surface area contributed by atoms with Crippen molar-refractivity contribution in [1.29, 1.82) is 0 Å². The Morgan fingerprint density at radius 3 is 2.86 bits per heavy atom. The van der Waals surface area contributed by atoms with E-state index in [1.54, 1.807) is 13.8 Å². The van der Waals surface area contributed by atoms with E-state index < -0.39 is 16.3 Å². The lowest BCUT2D eigenvalue weighted by atomic mass is 10.1. The number of halogens is 1. The molecule has 0 radical (unpaired) electrons. The van der Waals surface area contributed by atoms with E-state index in [0.717, 1.165) is 12.5 Å². The summed E-state index contributed by atoms with van der Waals surface area (Å²) in [7, 11) is 0. The molecule has 0 spiro atoms. The Balaban J connectivity index is 2.00.